The van der Waals surface area contributed by atoms with E-state index in [4.69, 9.17) is 11.2 Å². The zero-order valence-corrected chi connectivity index (χ0v) is 11.4. The van der Waals surface area contributed by atoms with Gasteiger partial charge >= 0.3 is 6.09 Å². The first kappa shape index (κ1) is 14.8. The van der Waals surface area contributed by atoms with Gasteiger partial charge in [0.1, 0.15) is 5.60 Å². The van der Waals surface area contributed by atoms with Crippen LogP contribution in [-0.2, 0) is 4.74 Å². The lowest BCUT2D eigenvalue weighted by molar-refractivity contribution is 0.0160. The predicted molar refractivity (Wildman–Crippen MR) is 66.1 cm³/mol. The normalized spacial score (nSPS) is 13.9. The van der Waals surface area contributed by atoms with Crippen molar-refractivity contribution in [1.82, 2.24) is 4.90 Å². The summed E-state index contributed by atoms with van der Waals surface area (Å²) in [6.07, 6.45) is 5.10. The second-order valence-electron chi connectivity index (χ2n) is 5.63. The third-order valence-corrected chi connectivity index (χ3v) is 2.68. The van der Waals surface area contributed by atoms with E-state index in [2.05, 4.69) is 5.92 Å². The quantitative estimate of drug-likeness (QED) is 0.676. The maximum atomic E-state index is 11.8. The van der Waals surface area contributed by atoms with Crippen LogP contribution < -0.4 is 0 Å². The maximum absolute atomic E-state index is 11.8. The largest absolute Gasteiger partial charge is 0.444 e. The molecule has 3 nitrogen and oxygen atoms in total. The molecule has 92 valence electrons. The van der Waals surface area contributed by atoms with Gasteiger partial charge in [0, 0.05) is 18.5 Å². The molecule has 0 aromatic heterocycles. The van der Waals surface area contributed by atoms with E-state index in [0.29, 0.717) is 0 Å². The van der Waals surface area contributed by atoms with E-state index >= 15 is 0 Å². The number of terminal acetylenes is 1. The molecule has 0 aromatic rings. The minimum Gasteiger partial charge on any atom is -0.444 e. The lowest BCUT2D eigenvalue weighted by atomic mass is 9.86. The molecule has 0 fully saturated rings. The molecule has 0 saturated heterocycles. The van der Waals surface area contributed by atoms with Gasteiger partial charge in [-0.2, -0.15) is 0 Å². The van der Waals surface area contributed by atoms with Gasteiger partial charge in [-0.25, -0.2) is 4.79 Å². The smallest absolute Gasteiger partial charge is 0.410 e. The summed E-state index contributed by atoms with van der Waals surface area (Å²) in [6, 6.07) is -0.0765. The first-order valence-electron chi connectivity index (χ1n) is 5.45. The van der Waals surface area contributed by atoms with Gasteiger partial charge in [0.15, 0.2) is 0 Å². The fraction of sp³-hybridized carbons (Fsp3) is 0.769. The van der Waals surface area contributed by atoms with Gasteiger partial charge in [0.25, 0.3) is 0 Å². The first-order valence-corrected chi connectivity index (χ1v) is 5.45. The molecule has 0 aliphatic heterocycles. The highest BCUT2D eigenvalue weighted by Gasteiger charge is 2.31. The molecule has 0 saturated carbocycles. The summed E-state index contributed by atoms with van der Waals surface area (Å²) in [5.74, 6) is 2.69. The highest BCUT2D eigenvalue weighted by molar-refractivity contribution is 5.68. The summed E-state index contributed by atoms with van der Waals surface area (Å²) < 4.78 is 5.28. The molecule has 0 bridgehead atoms. The summed E-state index contributed by atoms with van der Waals surface area (Å²) in [5, 5.41) is 0. The van der Waals surface area contributed by atoms with E-state index < -0.39 is 5.60 Å². The van der Waals surface area contributed by atoms with E-state index in [9.17, 15) is 4.79 Å². The fourth-order valence-electron chi connectivity index (χ4n) is 1.10. The molecule has 0 rings (SSSR count). The third kappa shape index (κ3) is 4.14. The molecule has 0 aliphatic rings. The van der Waals surface area contributed by atoms with Crippen molar-refractivity contribution >= 4 is 6.09 Å². The summed E-state index contributed by atoms with van der Waals surface area (Å²) in [7, 11) is 1.71. The van der Waals surface area contributed by atoms with Crippen molar-refractivity contribution in [2.45, 2.75) is 53.2 Å². The number of nitrogens with zero attached hydrogens (tertiary/aromatic N) is 1. The molecule has 1 amide bonds. The Morgan fingerprint density at radius 3 is 2.06 bits per heavy atom. The summed E-state index contributed by atoms with van der Waals surface area (Å²) in [5.41, 5.74) is -0.850. The average molecular weight is 225 g/mol. The van der Waals surface area contributed by atoms with Crippen LogP contribution in [0.2, 0.25) is 0 Å². The van der Waals surface area contributed by atoms with Crippen molar-refractivity contribution in [3.8, 4) is 12.3 Å². The van der Waals surface area contributed by atoms with Gasteiger partial charge in [0.05, 0.1) is 0 Å². The first-order chi connectivity index (χ1) is 7.01. The Morgan fingerprint density at radius 2 is 1.75 bits per heavy atom. The molecule has 16 heavy (non-hydrogen) atoms. The Kier molecular flexibility index (Phi) is 4.43. The molecule has 0 N–H and O–H groups in total. The lowest BCUT2D eigenvalue weighted by Gasteiger charge is -2.35. The van der Waals surface area contributed by atoms with Crippen LogP contribution >= 0.6 is 0 Å². The number of carbonyl (C=O) groups is 1. The average Bonchev–Trinajstić information content (AvgIpc) is 2.12. The number of amides is 1. The van der Waals surface area contributed by atoms with Crippen molar-refractivity contribution in [1.29, 1.82) is 0 Å². The summed E-state index contributed by atoms with van der Waals surface area (Å²) in [4.78, 5) is 13.3. The lowest BCUT2D eigenvalue weighted by Crippen LogP contribution is -2.45. The van der Waals surface area contributed by atoms with Crippen LogP contribution in [0, 0.1) is 17.8 Å². The van der Waals surface area contributed by atoms with E-state index in [-0.39, 0.29) is 17.6 Å². The summed E-state index contributed by atoms with van der Waals surface area (Å²) >= 11 is 0. The van der Waals surface area contributed by atoms with Crippen LogP contribution in [-0.4, -0.2) is 29.7 Å². The van der Waals surface area contributed by atoms with Gasteiger partial charge < -0.3 is 9.64 Å². The van der Waals surface area contributed by atoms with Crippen molar-refractivity contribution < 1.29 is 9.53 Å². The van der Waals surface area contributed by atoms with Crippen LogP contribution in [0.25, 0.3) is 0 Å². The number of hydrogen-bond donors (Lipinski definition) is 0. The third-order valence-electron chi connectivity index (χ3n) is 2.68. The van der Waals surface area contributed by atoms with Crippen LogP contribution in [0.3, 0.4) is 0 Å². The van der Waals surface area contributed by atoms with Crippen LogP contribution in [0.15, 0.2) is 0 Å². The molecule has 0 spiro atoms. The Bertz CT molecular complexity index is 294. The van der Waals surface area contributed by atoms with E-state index in [0.717, 1.165) is 0 Å². The Morgan fingerprint density at radius 1 is 1.31 bits per heavy atom. The number of carbonyl (C=O) groups excluding carboxylic acids is 1. The summed E-state index contributed by atoms with van der Waals surface area (Å²) in [6.45, 7) is 11.3. The van der Waals surface area contributed by atoms with Gasteiger partial charge in [-0.1, -0.05) is 5.92 Å². The van der Waals surface area contributed by atoms with E-state index in [1.807, 2.05) is 41.5 Å². The molecule has 1 atom stereocenters. The minimum absolute atomic E-state index is 0.0765. The number of hydrogen-bond acceptors (Lipinski definition) is 2. The topological polar surface area (TPSA) is 29.5 Å². The predicted octanol–water partition coefficient (Wildman–Crippen LogP) is 2.90. The molecule has 0 aliphatic carbocycles. The Labute approximate surface area is 99.2 Å². The second kappa shape index (κ2) is 4.78. The highest BCUT2D eigenvalue weighted by Crippen LogP contribution is 2.24. The van der Waals surface area contributed by atoms with E-state index in [1.165, 1.54) is 0 Å². The standard InChI is InChI=1S/C13H23NO2/c1-9-13(6,7)10(2)14(8)11(15)16-12(3,4)5/h1,10H,2-8H3. The number of ether oxygens (including phenoxy) is 1. The fourth-order valence-corrected chi connectivity index (χ4v) is 1.10. The van der Waals surface area contributed by atoms with Gasteiger partial charge in [-0.3, -0.25) is 0 Å². The van der Waals surface area contributed by atoms with Crippen molar-refractivity contribution in [3.63, 3.8) is 0 Å². The molecule has 3 heteroatoms. The highest BCUT2D eigenvalue weighted by atomic mass is 16.6. The Hall–Kier alpha value is -1.17. The SMILES string of the molecule is C#CC(C)(C)C(C)N(C)C(=O)OC(C)(C)C. The molecule has 0 radical (unpaired) electrons. The van der Waals surface area contributed by atoms with Crippen LogP contribution in [0.4, 0.5) is 4.79 Å². The van der Waals surface area contributed by atoms with Gasteiger partial charge in [0.2, 0.25) is 0 Å². The van der Waals surface area contributed by atoms with Crippen LogP contribution in [0.1, 0.15) is 41.5 Å². The molecule has 0 heterocycles. The zero-order valence-electron chi connectivity index (χ0n) is 11.4. The van der Waals surface area contributed by atoms with Gasteiger partial charge in [-0.05, 0) is 41.5 Å². The molecule has 1 unspecified atom stereocenters. The van der Waals surface area contributed by atoms with Crippen LogP contribution in [0.5, 0.6) is 0 Å². The van der Waals surface area contributed by atoms with Crippen molar-refractivity contribution in [2.24, 2.45) is 5.41 Å². The molecular formula is C13H23NO2. The van der Waals surface area contributed by atoms with E-state index in [1.54, 1.807) is 11.9 Å². The van der Waals surface area contributed by atoms with Gasteiger partial charge in [-0.15, -0.1) is 6.42 Å². The van der Waals surface area contributed by atoms with Crippen molar-refractivity contribution in [3.05, 3.63) is 0 Å². The molecular weight excluding hydrogens is 202 g/mol. The van der Waals surface area contributed by atoms with Crippen molar-refractivity contribution in [2.75, 3.05) is 7.05 Å². The number of rotatable bonds is 2. The zero-order chi connectivity index (χ0) is 13.1. The molecule has 0 aromatic carbocycles. The Balaban J connectivity index is 4.65. The monoisotopic (exact) mass is 225 g/mol. The minimum atomic E-state index is -0.481. The second-order valence-corrected chi connectivity index (χ2v) is 5.63. The maximum Gasteiger partial charge on any atom is 0.410 e.